The normalized spacial score (nSPS) is 10.9. The average molecular weight is 307 g/mol. The van der Waals surface area contributed by atoms with Gasteiger partial charge >= 0.3 is 6.03 Å². The standard InChI is InChI=1S/C9H11BrN2O3S/c1-12(2)9(13)11-16(14,15)8-6-4-3-5-7(8)10/h3-6H,1-2H3,(H,11,13). The van der Waals surface area contributed by atoms with E-state index in [-0.39, 0.29) is 4.90 Å². The largest absolute Gasteiger partial charge is 0.330 e. The summed E-state index contributed by atoms with van der Waals surface area (Å²) in [4.78, 5) is 12.4. The summed E-state index contributed by atoms with van der Waals surface area (Å²) in [6.07, 6.45) is 0. The molecule has 0 bridgehead atoms. The van der Waals surface area contributed by atoms with Crippen molar-refractivity contribution in [3.8, 4) is 0 Å². The van der Waals surface area contributed by atoms with E-state index in [9.17, 15) is 13.2 Å². The Balaban J connectivity index is 3.05. The monoisotopic (exact) mass is 306 g/mol. The van der Waals surface area contributed by atoms with Crippen molar-refractivity contribution in [3.63, 3.8) is 0 Å². The third kappa shape index (κ3) is 2.96. The molecule has 5 nitrogen and oxygen atoms in total. The van der Waals surface area contributed by atoms with E-state index >= 15 is 0 Å². The van der Waals surface area contributed by atoms with Gasteiger partial charge in [-0.3, -0.25) is 0 Å². The van der Waals surface area contributed by atoms with E-state index < -0.39 is 16.1 Å². The van der Waals surface area contributed by atoms with Crippen LogP contribution in [-0.4, -0.2) is 33.4 Å². The Kier molecular flexibility index (Phi) is 3.93. The number of carbonyl (C=O) groups excluding carboxylic acids is 1. The summed E-state index contributed by atoms with van der Waals surface area (Å²) in [6.45, 7) is 0. The molecule has 0 aliphatic carbocycles. The zero-order valence-electron chi connectivity index (χ0n) is 8.77. The second-order valence-electron chi connectivity index (χ2n) is 3.24. The topological polar surface area (TPSA) is 66.5 Å². The predicted octanol–water partition coefficient (Wildman–Crippen LogP) is 1.41. The number of sulfonamides is 1. The van der Waals surface area contributed by atoms with E-state index in [4.69, 9.17) is 0 Å². The lowest BCUT2D eigenvalue weighted by atomic mass is 10.4. The maximum Gasteiger partial charge on any atom is 0.330 e. The van der Waals surface area contributed by atoms with Gasteiger partial charge < -0.3 is 4.90 Å². The molecule has 1 N–H and O–H groups in total. The molecule has 0 saturated carbocycles. The zero-order chi connectivity index (χ0) is 12.3. The smallest absolute Gasteiger partial charge is 0.330 e. The Morgan fingerprint density at radius 1 is 1.31 bits per heavy atom. The van der Waals surface area contributed by atoms with Crippen molar-refractivity contribution in [2.24, 2.45) is 0 Å². The van der Waals surface area contributed by atoms with E-state index in [1.807, 2.05) is 4.72 Å². The zero-order valence-corrected chi connectivity index (χ0v) is 11.2. The molecule has 0 saturated heterocycles. The molecule has 0 aliphatic rings. The van der Waals surface area contributed by atoms with E-state index in [0.29, 0.717) is 4.47 Å². The van der Waals surface area contributed by atoms with Crippen molar-refractivity contribution in [2.75, 3.05) is 14.1 Å². The fourth-order valence-corrected chi connectivity index (χ4v) is 2.95. The van der Waals surface area contributed by atoms with E-state index in [1.54, 1.807) is 18.2 Å². The minimum absolute atomic E-state index is 0.0326. The summed E-state index contributed by atoms with van der Waals surface area (Å²) >= 11 is 3.11. The first-order valence-corrected chi connectivity index (χ1v) is 6.61. The van der Waals surface area contributed by atoms with Crippen LogP contribution in [0.5, 0.6) is 0 Å². The van der Waals surface area contributed by atoms with Crippen LogP contribution in [-0.2, 0) is 10.0 Å². The van der Waals surface area contributed by atoms with Gasteiger partial charge in [0.2, 0.25) is 0 Å². The van der Waals surface area contributed by atoms with Gasteiger partial charge in [-0.15, -0.1) is 0 Å². The Morgan fingerprint density at radius 3 is 2.38 bits per heavy atom. The summed E-state index contributed by atoms with van der Waals surface area (Å²) in [5.41, 5.74) is 0. The van der Waals surface area contributed by atoms with Crippen LogP contribution in [0.25, 0.3) is 0 Å². The molecule has 2 amide bonds. The number of nitrogens with one attached hydrogen (secondary N) is 1. The highest BCUT2D eigenvalue weighted by atomic mass is 79.9. The van der Waals surface area contributed by atoms with E-state index in [1.165, 1.54) is 20.2 Å². The molecular formula is C9H11BrN2O3S. The Hall–Kier alpha value is -1.08. The van der Waals surface area contributed by atoms with Gasteiger partial charge in [0.05, 0.1) is 0 Å². The molecule has 16 heavy (non-hydrogen) atoms. The molecule has 7 heteroatoms. The van der Waals surface area contributed by atoms with Gasteiger partial charge in [-0.25, -0.2) is 17.9 Å². The van der Waals surface area contributed by atoms with Crippen LogP contribution >= 0.6 is 15.9 Å². The molecule has 0 spiro atoms. The predicted molar refractivity (Wildman–Crippen MR) is 63.5 cm³/mol. The number of rotatable bonds is 2. The molecule has 1 rings (SSSR count). The van der Waals surface area contributed by atoms with Crippen LogP contribution < -0.4 is 4.72 Å². The number of carbonyl (C=O) groups is 1. The molecule has 0 radical (unpaired) electrons. The molecule has 1 aromatic rings. The molecular weight excluding hydrogens is 296 g/mol. The van der Waals surface area contributed by atoms with Gasteiger partial charge in [0.15, 0.2) is 0 Å². The third-order valence-corrected chi connectivity index (χ3v) is 4.09. The first-order chi connectivity index (χ1) is 7.34. The van der Waals surface area contributed by atoms with E-state index in [2.05, 4.69) is 15.9 Å². The Bertz CT molecular complexity index is 499. The second-order valence-corrected chi connectivity index (χ2v) is 5.74. The highest BCUT2D eigenvalue weighted by molar-refractivity contribution is 9.10. The fourth-order valence-electron chi connectivity index (χ4n) is 0.924. The number of nitrogens with zero attached hydrogens (tertiary/aromatic N) is 1. The molecule has 0 fully saturated rings. The summed E-state index contributed by atoms with van der Waals surface area (Å²) in [5.74, 6) is 0. The minimum Gasteiger partial charge on any atom is -0.330 e. The van der Waals surface area contributed by atoms with Crippen LogP contribution in [0.4, 0.5) is 4.79 Å². The van der Waals surface area contributed by atoms with Gasteiger partial charge in [-0.05, 0) is 28.1 Å². The lowest BCUT2D eigenvalue weighted by Gasteiger charge is -2.12. The number of benzene rings is 1. The molecule has 88 valence electrons. The molecule has 0 aromatic heterocycles. The first-order valence-electron chi connectivity index (χ1n) is 4.33. The lowest BCUT2D eigenvalue weighted by molar-refractivity contribution is 0.223. The Labute approximate surface area is 103 Å². The lowest BCUT2D eigenvalue weighted by Crippen LogP contribution is -2.38. The summed E-state index contributed by atoms with van der Waals surface area (Å²) in [5, 5.41) is 0. The van der Waals surface area contributed by atoms with Gasteiger partial charge in [-0.1, -0.05) is 12.1 Å². The summed E-state index contributed by atoms with van der Waals surface area (Å²) in [6, 6.07) is 5.59. The SMILES string of the molecule is CN(C)C(=O)NS(=O)(=O)c1ccccc1Br. The van der Waals surface area contributed by atoms with Crippen LogP contribution in [0.15, 0.2) is 33.6 Å². The van der Waals surface area contributed by atoms with Crippen LogP contribution in [0.2, 0.25) is 0 Å². The summed E-state index contributed by atoms with van der Waals surface area (Å²) < 4.78 is 25.9. The third-order valence-electron chi connectivity index (χ3n) is 1.75. The highest BCUT2D eigenvalue weighted by Gasteiger charge is 2.20. The maximum atomic E-state index is 11.8. The average Bonchev–Trinajstić information content (AvgIpc) is 2.17. The second kappa shape index (κ2) is 4.84. The van der Waals surface area contributed by atoms with Crippen molar-refractivity contribution >= 4 is 32.0 Å². The van der Waals surface area contributed by atoms with Gasteiger partial charge in [0.25, 0.3) is 10.0 Å². The van der Waals surface area contributed by atoms with Crippen molar-refractivity contribution in [2.45, 2.75) is 4.90 Å². The maximum absolute atomic E-state index is 11.8. The Morgan fingerprint density at radius 2 is 1.88 bits per heavy atom. The highest BCUT2D eigenvalue weighted by Crippen LogP contribution is 2.20. The fraction of sp³-hybridized carbons (Fsp3) is 0.222. The number of hydrogen-bond donors (Lipinski definition) is 1. The van der Waals surface area contributed by atoms with Crippen LogP contribution in [0, 0.1) is 0 Å². The van der Waals surface area contributed by atoms with Crippen molar-refractivity contribution in [1.82, 2.24) is 9.62 Å². The van der Waals surface area contributed by atoms with Crippen molar-refractivity contribution in [3.05, 3.63) is 28.7 Å². The summed E-state index contributed by atoms with van der Waals surface area (Å²) in [7, 11) is -0.897. The number of urea groups is 1. The minimum atomic E-state index is -3.82. The number of hydrogen-bond acceptors (Lipinski definition) is 3. The van der Waals surface area contributed by atoms with Crippen LogP contribution in [0.1, 0.15) is 0 Å². The molecule has 1 aromatic carbocycles. The molecule has 0 heterocycles. The molecule has 0 atom stereocenters. The van der Waals surface area contributed by atoms with Crippen molar-refractivity contribution in [1.29, 1.82) is 0 Å². The quantitative estimate of drug-likeness (QED) is 0.898. The first kappa shape index (κ1) is 13.0. The number of halogens is 1. The van der Waals surface area contributed by atoms with Gasteiger partial charge in [0, 0.05) is 18.6 Å². The van der Waals surface area contributed by atoms with E-state index in [0.717, 1.165) is 4.90 Å². The van der Waals surface area contributed by atoms with Crippen molar-refractivity contribution < 1.29 is 13.2 Å². The molecule has 0 unspecified atom stereocenters. The molecule has 0 aliphatic heterocycles. The number of amides is 2. The van der Waals surface area contributed by atoms with Gasteiger partial charge in [0.1, 0.15) is 4.90 Å². The van der Waals surface area contributed by atoms with Crippen LogP contribution in [0.3, 0.4) is 0 Å². The van der Waals surface area contributed by atoms with Gasteiger partial charge in [-0.2, -0.15) is 0 Å².